The lowest BCUT2D eigenvalue weighted by Gasteiger charge is -2.25. The summed E-state index contributed by atoms with van der Waals surface area (Å²) < 4.78 is 50.1. The minimum atomic E-state index is -4.27. The highest BCUT2D eigenvalue weighted by Gasteiger charge is 2.46. The van der Waals surface area contributed by atoms with Gasteiger partial charge in [0.15, 0.2) is 11.3 Å². The van der Waals surface area contributed by atoms with Gasteiger partial charge in [0.25, 0.3) is 5.56 Å². The summed E-state index contributed by atoms with van der Waals surface area (Å²) in [5.41, 5.74) is -2.13. The van der Waals surface area contributed by atoms with E-state index in [-0.39, 0.29) is 17.5 Å². The summed E-state index contributed by atoms with van der Waals surface area (Å²) in [6.45, 7) is 8.13. The molecule has 0 saturated carbocycles. The van der Waals surface area contributed by atoms with Gasteiger partial charge in [-0.15, -0.1) is 0 Å². The molecule has 0 spiro atoms. The molecule has 0 aliphatic carbocycles. The van der Waals surface area contributed by atoms with Gasteiger partial charge in [0.2, 0.25) is 0 Å². The molecule has 13 nitrogen and oxygen atoms in total. The number of nitrogens with one attached hydrogen (secondary N) is 2. The van der Waals surface area contributed by atoms with Gasteiger partial charge in [0.1, 0.15) is 12.1 Å². The molecule has 6 atom stereocenters. The van der Waals surface area contributed by atoms with Crippen LogP contribution in [0.1, 0.15) is 47.8 Å². The van der Waals surface area contributed by atoms with Crippen molar-refractivity contribution >= 4 is 30.6 Å². The predicted molar refractivity (Wildman–Crippen MR) is 141 cm³/mol. The first-order chi connectivity index (χ1) is 18.1. The number of aromatic nitrogens is 2. The molecule has 1 aromatic heterocycles. The maximum atomic E-state index is 13.9. The van der Waals surface area contributed by atoms with E-state index in [1.807, 2.05) is 4.98 Å². The van der Waals surface area contributed by atoms with Crippen LogP contribution < -0.4 is 16.3 Å². The molecule has 39 heavy (non-hydrogen) atoms. The molecule has 0 amide bonds. The van der Waals surface area contributed by atoms with Gasteiger partial charge >= 0.3 is 19.4 Å². The monoisotopic (exact) mass is 597 g/mol. The number of alkyl halides is 1. The van der Waals surface area contributed by atoms with Crippen molar-refractivity contribution in [2.45, 2.75) is 72.1 Å². The molecule has 1 aliphatic rings. The molecule has 0 unspecified atom stereocenters. The largest absolute Gasteiger partial charge is 0.462 e. The van der Waals surface area contributed by atoms with E-state index >= 15 is 0 Å². The highest BCUT2D eigenvalue weighted by molar-refractivity contribution is 8.13. The van der Waals surface area contributed by atoms with E-state index in [1.54, 1.807) is 34.6 Å². The first-order valence-electron chi connectivity index (χ1n) is 12.3. The quantitative estimate of drug-likeness (QED) is 0.171. The summed E-state index contributed by atoms with van der Waals surface area (Å²) in [4.78, 5) is 50.0. The zero-order valence-corrected chi connectivity index (χ0v) is 24.5. The Hall–Kier alpha value is -1.87. The number of carbonyl (C=O) groups excluding carboxylic acids is 2. The van der Waals surface area contributed by atoms with Crippen molar-refractivity contribution in [3.05, 3.63) is 33.1 Å². The minimum absolute atomic E-state index is 0.105. The lowest BCUT2D eigenvalue weighted by molar-refractivity contribution is -0.149. The van der Waals surface area contributed by atoms with Crippen LogP contribution >= 0.6 is 19.5 Å². The fraction of sp³-hybridized carbons (Fsp3) is 0.739. The van der Waals surface area contributed by atoms with Crippen molar-refractivity contribution in [2.24, 2.45) is 11.3 Å². The SMILES string of the molecule is CC(C)OC(=O)[C@H](C)N[P@](=O)(OCCSC(=O)C(C)(C)C)OC[C@H]1O[C@@H](n2ccc(=O)[nH]c2=O)[C@H](O)[C@@H]1CF. The Labute approximate surface area is 229 Å². The number of thioether (sulfide) groups is 1. The molecule has 0 radical (unpaired) electrons. The van der Waals surface area contributed by atoms with Crippen molar-refractivity contribution in [3.63, 3.8) is 0 Å². The third-order valence-electron chi connectivity index (χ3n) is 5.48. The number of aliphatic hydroxyl groups is 1. The number of nitrogens with zero attached hydrogens (tertiary/aromatic N) is 1. The van der Waals surface area contributed by atoms with Crippen LogP contribution in [0.3, 0.4) is 0 Å². The van der Waals surface area contributed by atoms with Crippen molar-refractivity contribution in [1.82, 2.24) is 14.6 Å². The third kappa shape index (κ3) is 9.62. The average molecular weight is 598 g/mol. The van der Waals surface area contributed by atoms with Gasteiger partial charge in [-0.1, -0.05) is 32.5 Å². The molecule has 2 rings (SSSR count). The van der Waals surface area contributed by atoms with E-state index in [4.69, 9.17) is 18.5 Å². The van der Waals surface area contributed by atoms with Crippen molar-refractivity contribution in [3.8, 4) is 0 Å². The summed E-state index contributed by atoms with van der Waals surface area (Å²) in [7, 11) is -4.27. The van der Waals surface area contributed by atoms with Crippen LogP contribution in [0.25, 0.3) is 0 Å². The van der Waals surface area contributed by atoms with Crippen LogP contribution in [0.5, 0.6) is 0 Å². The molecule has 1 aromatic rings. The first kappa shape index (κ1) is 33.3. The highest BCUT2D eigenvalue weighted by atomic mass is 32.2. The van der Waals surface area contributed by atoms with Crippen LogP contribution in [0.4, 0.5) is 4.39 Å². The molecule has 222 valence electrons. The molecule has 16 heteroatoms. The highest BCUT2D eigenvalue weighted by Crippen LogP contribution is 2.46. The number of rotatable bonds is 13. The van der Waals surface area contributed by atoms with Crippen LogP contribution in [-0.2, 0) is 32.7 Å². The van der Waals surface area contributed by atoms with Gasteiger partial charge in [0.05, 0.1) is 32.1 Å². The number of H-pyrrole nitrogens is 1. The fourth-order valence-electron chi connectivity index (χ4n) is 3.42. The Morgan fingerprint density at radius 2 is 1.95 bits per heavy atom. The van der Waals surface area contributed by atoms with E-state index in [0.29, 0.717) is 0 Å². The van der Waals surface area contributed by atoms with E-state index in [9.17, 15) is 33.2 Å². The lowest BCUT2D eigenvalue weighted by Crippen LogP contribution is -2.37. The normalized spacial score (nSPS) is 23.9. The topological polar surface area (TPSA) is 175 Å². The molecule has 3 N–H and O–H groups in total. The van der Waals surface area contributed by atoms with Crippen LogP contribution in [0.15, 0.2) is 21.9 Å². The number of aromatic amines is 1. The minimum Gasteiger partial charge on any atom is -0.462 e. The fourth-order valence-corrected chi connectivity index (χ4v) is 5.81. The van der Waals surface area contributed by atoms with Crippen molar-refractivity contribution in [2.75, 3.05) is 25.6 Å². The summed E-state index contributed by atoms with van der Waals surface area (Å²) in [6.07, 6.45) is -3.36. The first-order valence-corrected chi connectivity index (χ1v) is 14.9. The van der Waals surface area contributed by atoms with Crippen molar-refractivity contribution in [1.29, 1.82) is 0 Å². The van der Waals surface area contributed by atoms with Crippen LogP contribution in [0.2, 0.25) is 0 Å². The zero-order chi connectivity index (χ0) is 29.5. The number of carbonyl (C=O) groups is 2. The second-order valence-corrected chi connectivity index (χ2v) is 13.1. The number of hydrogen-bond donors (Lipinski definition) is 3. The van der Waals surface area contributed by atoms with Gasteiger partial charge in [-0.2, -0.15) is 0 Å². The van der Waals surface area contributed by atoms with Crippen LogP contribution in [0, 0.1) is 11.3 Å². The van der Waals surface area contributed by atoms with Gasteiger partial charge in [-0.05, 0) is 20.8 Å². The number of ether oxygens (including phenoxy) is 2. The van der Waals surface area contributed by atoms with Crippen LogP contribution in [-0.4, -0.2) is 75.7 Å². The molecular weight excluding hydrogens is 560 g/mol. The summed E-state index contributed by atoms with van der Waals surface area (Å²) in [5.74, 6) is -1.76. The number of hydrogen-bond acceptors (Lipinski definition) is 11. The number of esters is 1. The van der Waals surface area contributed by atoms with Gasteiger partial charge in [-0.25, -0.2) is 14.4 Å². The number of halogens is 1. The van der Waals surface area contributed by atoms with E-state index < -0.39 is 80.2 Å². The second-order valence-electron chi connectivity index (χ2n) is 10.2. The molecule has 0 aromatic carbocycles. The average Bonchev–Trinajstić information content (AvgIpc) is 3.14. The molecule has 2 heterocycles. The Bertz CT molecular complexity index is 1150. The summed E-state index contributed by atoms with van der Waals surface area (Å²) >= 11 is 0.981. The summed E-state index contributed by atoms with van der Waals surface area (Å²) in [6, 6.07) is -0.0841. The third-order valence-corrected chi connectivity index (χ3v) is 8.44. The van der Waals surface area contributed by atoms with Gasteiger partial charge in [-0.3, -0.25) is 37.4 Å². The Kier molecular flexibility index (Phi) is 12.1. The van der Waals surface area contributed by atoms with Gasteiger partial charge < -0.3 is 14.6 Å². The maximum Gasteiger partial charge on any atom is 0.406 e. The van der Waals surface area contributed by atoms with E-state index in [1.165, 1.54) is 6.92 Å². The molecule has 0 bridgehead atoms. The lowest BCUT2D eigenvalue weighted by atomic mass is 10.00. The van der Waals surface area contributed by atoms with Crippen molar-refractivity contribution < 1.29 is 42.2 Å². The molecular formula is C23H37FN3O10PS. The van der Waals surface area contributed by atoms with E-state index in [0.717, 1.165) is 28.6 Å². The molecule has 1 fully saturated rings. The Morgan fingerprint density at radius 3 is 2.51 bits per heavy atom. The van der Waals surface area contributed by atoms with E-state index in [2.05, 4.69) is 5.09 Å². The zero-order valence-electron chi connectivity index (χ0n) is 22.7. The molecule has 1 aliphatic heterocycles. The predicted octanol–water partition coefficient (Wildman–Crippen LogP) is 1.76. The maximum absolute atomic E-state index is 13.9. The second kappa shape index (κ2) is 14.2. The smallest absolute Gasteiger partial charge is 0.406 e. The summed E-state index contributed by atoms with van der Waals surface area (Å²) in [5, 5.41) is 13.0. The molecule has 1 saturated heterocycles. The standard InChI is InChI=1S/C23H37FN3O10PS/c1-13(2)36-20(30)14(3)26-38(33,34-9-10-39-21(31)23(4,5)6)35-12-16-15(11-24)18(29)19(37-16)27-8-7-17(28)25-22(27)32/h7-8,13-16,18-19,29H,9-12H2,1-6H3,(H,26,33)(H,25,28,32)/t14-,15+,16+,18+,19+,38-/m0/s1. The Morgan fingerprint density at radius 1 is 1.28 bits per heavy atom. The Balaban J connectivity index is 2.15. The number of aliphatic hydroxyl groups excluding tert-OH is 1. The van der Waals surface area contributed by atoms with Gasteiger partial charge in [0, 0.05) is 29.3 Å².